The first-order chi connectivity index (χ1) is 8.56. The van der Waals surface area contributed by atoms with Gasteiger partial charge in [0.15, 0.2) is 5.78 Å². The summed E-state index contributed by atoms with van der Waals surface area (Å²) in [7, 11) is 0. The Kier molecular flexibility index (Phi) is 3.19. The van der Waals surface area contributed by atoms with Crippen molar-refractivity contribution in [2.24, 2.45) is 5.92 Å². The Balaban J connectivity index is 2.53. The molecule has 0 N–H and O–H groups in total. The minimum absolute atomic E-state index is 0.117. The molecule has 0 aliphatic heterocycles. The van der Waals surface area contributed by atoms with E-state index in [1.807, 2.05) is 6.92 Å². The molecule has 1 aromatic rings. The van der Waals surface area contributed by atoms with Gasteiger partial charge >= 0.3 is 0 Å². The summed E-state index contributed by atoms with van der Waals surface area (Å²) in [5.74, 6) is -3.72. The van der Waals surface area contributed by atoms with Gasteiger partial charge in [-0.1, -0.05) is 19.1 Å². The van der Waals surface area contributed by atoms with Crippen LogP contribution >= 0.6 is 0 Å². The number of ketones is 3. The first-order valence-corrected chi connectivity index (χ1v) is 5.65. The van der Waals surface area contributed by atoms with Crippen LogP contribution in [0.4, 0.5) is 4.39 Å². The van der Waals surface area contributed by atoms with Crippen molar-refractivity contribution >= 4 is 17.3 Å². The van der Waals surface area contributed by atoms with Crippen LogP contribution in [0.1, 0.15) is 34.1 Å². The third-order valence-corrected chi connectivity index (χ3v) is 2.84. The maximum Gasteiger partial charge on any atom is 0.230 e. The van der Waals surface area contributed by atoms with Gasteiger partial charge in [-0.25, -0.2) is 4.39 Å². The van der Waals surface area contributed by atoms with Crippen LogP contribution in [0.25, 0.3) is 0 Å². The van der Waals surface area contributed by atoms with Crippen molar-refractivity contribution in [2.75, 3.05) is 0 Å². The lowest BCUT2D eigenvalue weighted by atomic mass is 9.80. The maximum absolute atomic E-state index is 13.0. The van der Waals surface area contributed by atoms with E-state index in [-0.39, 0.29) is 11.1 Å². The second-order valence-electron chi connectivity index (χ2n) is 4.06. The number of hydrogen-bond donors (Lipinski definition) is 0. The SMILES string of the molecule is CCC=CC1C(=O)C(=O)c2cc(F)ccc2C1=O. The monoisotopic (exact) mass is 246 g/mol. The molecule has 0 saturated heterocycles. The predicted octanol–water partition coefficient (Wildman–Crippen LogP) is 2.36. The average molecular weight is 246 g/mol. The molecule has 3 nitrogen and oxygen atoms in total. The molecule has 0 aromatic heterocycles. The van der Waals surface area contributed by atoms with E-state index in [1.54, 1.807) is 6.08 Å². The lowest BCUT2D eigenvalue weighted by molar-refractivity contribution is -0.116. The summed E-state index contributed by atoms with van der Waals surface area (Å²) in [6, 6.07) is 3.30. The van der Waals surface area contributed by atoms with Crippen LogP contribution in [0.15, 0.2) is 30.4 Å². The maximum atomic E-state index is 13.0. The summed E-state index contributed by atoms with van der Waals surface area (Å²) in [6.07, 6.45) is 3.78. The first-order valence-electron chi connectivity index (χ1n) is 5.65. The molecule has 0 spiro atoms. The fourth-order valence-electron chi connectivity index (χ4n) is 1.93. The number of fused-ring (bicyclic) bond motifs is 1. The molecule has 1 unspecified atom stereocenters. The molecule has 18 heavy (non-hydrogen) atoms. The number of rotatable bonds is 2. The van der Waals surface area contributed by atoms with Crippen molar-refractivity contribution in [3.8, 4) is 0 Å². The number of hydrogen-bond acceptors (Lipinski definition) is 3. The van der Waals surface area contributed by atoms with E-state index in [0.717, 1.165) is 12.1 Å². The molecule has 1 aromatic carbocycles. The van der Waals surface area contributed by atoms with Crippen LogP contribution in [-0.2, 0) is 4.79 Å². The van der Waals surface area contributed by atoms with E-state index in [4.69, 9.17) is 0 Å². The van der Waals surface area contributed by atoms with Crippen LogP contribution < -0.4 is 0 Å². The van der Waals surface area contributed by atoms with Gasteiger partial charge in [-0.15, -0.1) is 0 Å². The van der Waals surface area contributed by atoms with E-state index >= 15 is 0 Å². The van der Waals surface area contributed by atoms with Crippen molar-refractivity contribution < 1.29 is 18.8 Å². The van der Waals surface area contributed by atoms with E-state index in [0.29, 0.717) is 6.42 Å². The third kappa shape index (κ3) is 1.90. The Morgan fingerprint density at radius 1 is 1.17 bits per heavy atom. The number of carbonyl (C=O) groups is 3. The van der Waals surface area contributed by atoms with Crippen molar-refractivity contribution in [1.29, 1.82) is 0 Å². The number of carbonyl (C=O) groups excluding carboxylic acids is 3. The highest BCUT2D eigenvalue weighted by Crippen LogP contribution is 2.25. The molecule has 1 atom stereocenters. The molecular formula is C14H11FO3. The van der Waals surface area contributed by atoms with E-state index in [9.17, 15) is 18.8 Å². The van der Waals surface area contributed by atoms with Gasteiger partial charge in [0.1, 0.15) is 11.7 Å². The minimum Gasteiger partial charge on any atom is -0.293 e. The normalized spacial score (nSPS) is 19.4. The van der Waals surface area contributed by atoms with Gasteiger partial charge in [0.05, 0.1) is 0 Å². The largest absolute Gasteiger partial charge is 0.293 e. The van der Waals surface area contributed by atoms with E-state index in [1.165, 1.54) is 12.1 Å². The highest BCUT2D eigenvalue weighted by Gasteiger charge is 2.38. The van der Waals surface area contributed by atoms with Crippen molar-refractivity contribution in [3.63, 3.8) is 0 Å². The van der Waals surface area contributed by atoms with E-state index < -0.39 is 29.1 Å². The molecular weight excluding hydrogens is 235 g/mol. The van der Waals surface area contributed by atoms with Gasteiger partial charge in [0.2, 0.25) is 11.6 Å². The number of Topliss-reactive ketones (excluding diaryl/α,β-unsaturated/α-hetero) is 3. The molecule has 0 amide bonds. The fraction of sp³-hybridized carbons (Fsp3) is 0.214. The summed E-state index contributed by atoms with van der Waals surface area (Å²) in [5.41, 5.74) is -0.0158. The van der Waals surface area contributed by atoms with Crippen LogP contribution in [0.5, 0.6) is 0 Å². The van der Waals surface area contributed by atoms with Crippen molar-refractivity contribution in [1.82, 2.24) is 0 Å². The zero-order chi connectivity index (χ0) is 13.3. The Labute approximate surface area is 103 Å². The number of benzene rings is 1. The van der Waals surface area contributed by atoms with Gasteiger partial charge in [0.25, 0.3) is 0 Å². The van der Waals surface area contributed by atoms with Crippen LogP contribution in [0.3, 0.4) is 0 Å². The Morgan fingerprint density at radius 2 is 1.89 bits per heavy atom. The molecule has 2 rings (SSSR count). The molecule has 1 aliphatic carbocycles. The Hall–Kier alpha value is -2.10. The summed E-state index contributed by atoms with van der Waals surface area (Å²) < 4.78 is 13.0. The van der Waals surface area contributed by atoms with E-state index in [2.05, 4.69) is 0 Å². The fourth-order valence-corrected chi connectivity index (χ4v) is 1.93. The molecule has 0 heterocycles. The van der Waals surface area contributed by atoms with Crippen molar-refractivity contribution in [3.05, 3.63) is 47.3 Å². The van der Waals surface area contributed by atoms with Gasteiger partial charge in [-0.2, -0.15) is 0 Å². The standard InChI is InChI=1S/C14H11FO3/c1-2-3-4-10-12(16)9-6-5-8(15)7-11(9)14(18)13(10)17/h3-7,10H,2H2,1H3. The van der Waals surface area contributed by atoms with Gasteiger partial charge in [0, 0.05) is 11.1 Å². The molecule has 4 heteroatoms. The van der Waals surface area contributed by atoms with Gasteiger partial charge in [-0.05, 0) is 24.6 Å². The zero-order valence-electron chi connectivity index (χ0n) is 9.77. The average Bonchev–Trinajstić information content (AvgIpc) is 2.36. The quantitative estimate of drug-likeness (QED) is 0.457. The minimum atomic E-state index is -1.06. The second-order valence-corrected chi connectivity index (χ2v) is 4.06. The van der Waals surface area contributed by atoms with Gasteiger partial charge < -0.3 is 0 Å². The highest BCUT2D eigenvalue weighted by molar-refractivity contribution is 6.52. The second kappa shape index (κ2) is 4.64. The summed E-state index contributed by atoms with van der Waals surface area (Å²) in [4.78, 5) is 35.6. The van der Waals surface area contributed by atoms with Crippen LogP contribution in [-0.4, -0.2) is 17.3 Å². The van der Waals surface area contributed by atoms with Crippen molar-refractivity contribution in [2.45, 2.75) is 13.3 Å². The Bertz CT molecular complexity index is 572. The predicted molar refractivity (Wildman–Crippen MR) is 63.0 cm³/mol. The molecule has 0 fully saturated rings. The summed E-state index contributed by atoms with van der Waals surface area (Å²) in [5, 5.41) is 0. The molecule has 92 valence electrons. The lowest BCUT2D eigenvalue weighted by Gasteiger charge is -2.18. The van der Waals surface area contributed by atoms with Gasteiger partial charge in [-0.3, -0.25) is 14.4 Å². The zero-order valence-corrected chi connectivity index (χ0v) is 9.77. The summed E-state index contributed by atoms with van der Waals surface area (Å²) >= 11 is 0. The number of halogens is 1. The number of allylic oxidation sites excluding steroid dienone is 2. The topological polar surface area (TPSA) is 51.2 Å². The lowest BCUT2D eigenvalue weighted by Crippen LogP contribution is -2.35. The molecule has 1 aliphatic rings. The smallest absolute Gasteiger partial charge is 0.230 e. The van der Waals surface area contributed by atoms with Crippen LogP contribution in [0.2, 0.25) is 0 Å². The van der Waals surface area contributed by atoms with Crippen LogP contribution in [0, 0.1) is 11.7 Å². The highest BCUT2D eigenvalue weighted by atomic mass is 19.1. The Morgan fingerprint density at radius 3 is 2.56 bits per heavy atom. The summed E-state index contributed by atoms with van der Waals surface area (Å²) in [6.45, 7) is 1.86. The molecule has 0 saturated carbocycles. The third-order valence-electron chi connectivity index (χ3n) is 2.84. The first kappa shape index (κ1) is 12.4. The molecule has 0 radical (unpaired) electrons. The molecule has 0 bridgehead atoms.